The summed E-state index contributed by atoms with van der Waals surface area (Å²) in [5.74, 6) is -2.61. The molecule has 0 spiro atoms. The predicted octanol–water partition coefficient (Wildman–Crippen LogP) is 3.65. The van der Waals surface area contributed by atoms with Crippen molar-refractivity contribution in [2.45, 2.75) is 38.5 Å². The number of hydrogen-bond donors (Lipinski definition) is 1. The Hall–Kier alpha value is -4.09. The first-order valence-corrected chi connectivity index (χ1v) is 11.0. The lowest BCUT2D eigenvalue weighted by Crippen LogP contribution is -2.50. The molecule has 0 bridgehead atoms. The first-order valence-electron chi connectivity index (χ1n) is 11.0. The minimum Gasteiger partial charge on any atom is -0.329 e. The summed E-state index contributed by atoms with van der Waals surface area (Å²) in [7, 11) is 0. The van der Waals surface area contributed by atoms with Gasteiger partial charge >= 0.3 is 6.18 Å². The van der Waals surface area contributed by atoms with Gasteiger partial charge in [0.15, 0.2) is 5.82 Å². The fourth-order valence-electron chi connectivity index (χ4n) is 4.66. The zero-order valence-electron chi connectivity index (χ0n) is 19.2. The Bertz CT molecular complexity index is 1560. The second-order valence-corrected chi connectivity index (χ2v) is 9.28. The molecule has 1 N–H and O–H groups in total. The van der Waals surface area contributed by atoms with E-state index < -0.39 is 29.3 Å². The van der Waals surface area contributed by atoms with Gasteiger partial charge in [-0.05, 0) is 37.6 Å². The van der Waals surface area contributed by atoms with Gasteiger partial charge in [0.2, 0.25) is 5.82 Å². The predicted molar refractivity (Wildman–Crippen MR) is 121 cm³/mol. The molecular weight excluding hydrogens is 480 g/mol. The normalized spacial score (nSPS) is 15.2. The number of aromatic amines is 1. The monoisotopic (exact) mass is 500 g/mol. The van der Waals surface area contributed by atoms with Crippen molar-refractivity contribution in [3.05, 3.63) is 87.1 Å². The molecule has 1 aliphatic heterocycles. The van der Waals surface area contributed by atoms with Gasteiger partial charge in [0.05, 0.1) is 28.7 Å². The minimum atomic E-state index is -4.70. The Balaban J connectivity index is 1.46. The first kappa shape index (κ1) is 23.6. The zero-order chi connectivity index (χ0) is 25.8. The number of benzene rings is 2. The number of halogens is 4. The highest BCUT2D eigenvalue weighted by atomic mass is 19.4. The average molecular weight is 500 g/mol. The Morgan fingerprint density at radius 2 is 1.83 bits per heavy atom. The van der Waals surface area contributed by atoms with E-state index in [1.54, 1.807) is 24.3 Å². The topological polar surface area (TPSA) is 96.8 Å². The number of rotatable bonds is 3. The number of alkyl halides is 3. The van der Waals surface area contributed by atoms with Gasteiger partial charge in [-0.3, -0.25) is 14.2 Å². The molecule has 3 heterocycles. The molecule has 0 saturated heterocycles. The molecule has 2 aromatic carbocycles. The van der Waals surface area contributed by atoms with E-state index in [9.17, 15) is 27.2 Å². The third-order valence-corrected chi connectivity index (χ3v) is 6.19. The van der Waals surface area contributed by atoms with Crippen molar-refractivity contribution < 1.29 is 22.4 Å². The van der Waals surface area contributed by atoms with Crippen LogP contribution in [0.15, 0.2) is 47.3 Å². The molecule has 186 valence electrons. The number of amides is 1. The lowest BCUT2D eigenvalue weighted by molar-refractivity contribution is -0.150. The van der Waals surface area contributed by atoms with Crippen molar-refractivity contribution in [2.75, 3.05) is 6.54 Å². The minimum absolute atomic E-state index is 0.0348. The summed E-state index contributed by atoms with van der Waals surface area (Å²) < 4.78 is 55.9. The third kappa shape index (κ3) is 4.01. The van der Waals surface area contributed by atoms with Crippen LogP contribution in [0, 0.1) is 5.82 Å². The molecule has 0 unspecified atom stereocenters. The van der Waals surface area contributed by atoms with Crippen LogP contribution in [0.25, 0.3) is 10.8 Å². The number of aromatic nitrogens is 5. The van der Waals surface area contributed by atoms with Crippen LogP contribution in [0.4, 0.5) is 17.6 Å². The number of carbonyl (C=O) groups excluding carboxylic acids is 1. The quantitative estimate of drug-likeness (QED) is 0.433. The zero-order valence-corrected chi connectivity index (χ0v) is 19.2. The van der Waals surface area contributed by atoms with Crippen LogP contribution in [0.5, 0.6) is 0 Å². The van der Waals surface area contributed by atoms with E-state index in [0.717, 1.165) is 10.6 Å². The summed E-state index contributed by atoms with van der Waals surface area (Å²) >= 11 is 0. The maximum absolute atomic E-state index is 14.8. The molecule has 1 aliphatic rings. The number of fused-ring (bicyclic) bond motifs is 2. The van der Waals surface area contributed by atoms with Crippen LogP contribution in [0.2, 0.25) is 0 Å². The van der Waals surface area contributed by atoms with Gasteiger partial charge in [-0.2, -0.15) is 18.3 Å². The number of carbonyl (C=O) groups is 1. The van der Waals surface area contributed by atoms with Crippen molar-refractivity contribution in [3.8, 4) is 0 Å². The van der Waals surface area contributed by atoms with E-state index in [2.05, 4.69) is 20.4 Å². The van der Waals surface area contributed by atoms with E-state index in [4.69, 9.17) is 0 Å². The Morgan fingerprint density at radius 3 is 2.56 bits per heavy atom. The van der Waals surface area contributed by atoms with Crippen LogP contribution < -0.4 is 5.56 Å². The Morgan fingerprint density at radius 1 is 1.11 bits per heavy atom. The number of H-pyrrole nitrogens is 1. The lowest BCUT2D eigenvalue weighted by Gasteiger charge is -2.40. The molecule has 4 aromatic rings. The second-order valence-electron chi connectivity index (χ2n) is 9.28. The Labute approximate surface area is 201 Å². The van der Waals surface area contributed by atoms with Crippen LogP contribution in [0.1, 0.15) is 47.1 Å². The van der Waals surface area contributed by atoms with Gasteiger partial charge < -0.3 is 4.90 Å². The third-order valence-electron chi connectivity index (χ3n) is 6.19. The molecule has 0 aliphatic carbocycles. The maximum Gasteiger partial charge on any atom is 0.451 e. The molecule has 8 nitrogen and oxygen atoms in total. The van der Waals surface area contributed by atoms with Crippen LogP contribution in [-0.4, -0.2) is 42.3 Å². The highest BCUT2D eigenvalue weighted by Gasteiger charge is 2.45. The number of nitrogens with one attached hydrogen (secondary N) is 1. The summed E-state index contributed by atoms with van der Waals surface area (Å²) in [4.78, 5) is 26.6. The van der Waals surface area contributed by atoms with Gasteiger partial charge in [-0.1, -0.05) is 24.3 Å². The summed E-state index contributed by atoms with van der Waals surface area (Å²) in [5, 5.41) is 14.6. The molecular formula is C24H20F4N6O2. The standard InChI is InChI=1S/C24H20F4N6O2/c1-23(2)12-33(11-19-30-32-22(34(19)23)24(26,27)28)21(36)16-9-13(7-8-17(16)25)10-18-14-5-3-4-6-15(14)20(35)31-29-18/h3-9H,10-12H2,1-2H3,(H,31,35). The Kier molecular flexibility index (Phi) is 5.42. The SMILES string of the molecule is CC1(C)CN(C(=O)c2cc(Cc3n[nH]c(=O)c4ccccc34)ccc2F)Cc2nnc(C(F)(F)F)n21. The molecule has 0 fully saturated rings. The van der Waals surface area contributed by atoms with Gasteiger partial charge in [0, 0.05) is 18.4 Å². The molecule has 0 atom stereocenters. The largest absolute Gasteiger partial charge is 0.451 e. The molecule has 0 saturated carbocycles. The fraction of sp³-hybridized carbons (Fsp3) is 0.292. The average Bonchev–Trinajstić information content (AvgIpc) is 3.27. The summed E-state index contributed by atoms with van der Waals surface area (Å²) in [6, 6.07) is 11.0. The van der Waals surface area contributed by atoms with Gasteiger partial charge in [0.1, 0.15) is 5.82 Å². The van der Waals surface area contributed by atoms with Crippen molar-refractivity contribution >= 4 is 16.7 Å². The fourth-order valence-corrected chi connectivity index (χ4v) is 4.66. The maximum atomic E-state index is 14.8. The second kappa shape index (κ2) is 8.25. The van der Waals surface area contributed by atoms with E-state index in [0.29, 0.717) is 22.0 Å². The van der Waals surface area contributed by atoms with Crippen molar-refractivity contribution in [2.24, 2.45) is 0 Å². The molecule has 0 radical (unpaired) electrons. The smallest absolute Gasteiger partial charge is 0.329 e. The molecule has 1 amide bonds. The lowest BCUT2D eigenvalue weighted by atomic mass is 9.99. The van der Waals surface area contributed by atoms with E-state index in [-0.39, 0.29) is 36.5 Å². The number of nitrogens with zero attached hydrogens (tertiary/aromatic N) is 5. The molecule has 5 rings (SSSR count). The summed E-state index contributed by atoms with van der Waals surface area (Å²) in [6.45, 7) is 2.72. The first-order chi connectivity index (χ1) is 17.0. The molecule has 2 aromatic heterocycles. The highest BCUT2D eigenvalue weighted by molar-refractivity contribution is 5.95. The van der Waals surface area contributed by atoms with Crippen molar-refractivity contribution in [1.29, 1.82) is 0 Å². The van der Waals surface area contributed by atoms with E-state index >= 15 is 0 Å². The highest BCUT2D eigenvalue weighted by Crippen LogP contribution is 2.35. The van der Waals surface area contributed by atoms with E-state index in [1.807, 2.05) is 0 Å². The van der Waals surface area contributed by atoms with Crippen molar-refractivity contribution in [1.82, 2.24) is 29.9 Å². The van der Waals surface area contributed by atoms with Crippen LogP contribution >= 0.6 is 0 Å². The van der Waals surface area contributed by atoms with Crippen molar-refractivity contribution in [3.63, 3.8) is 0 Å². The molecule has 36 heavy (non-hydrogen) atoms. The van der Waals surface area contributed by atoms with Gasteiger partial charge in [-0.25, -0.2) is 9.49 Å². The number of hydrogen-bond acceptors (Lipinski definition) is 5. The van der Waals surface area contributed by atoms with Crippen LogP contribution in [-0.2, 0) is 24.7 Å². The van der Waals surface area contributed by atoms with Crippen LogP contribution in [0.3, 0.4) is 0 Å². The van der Waals surface area contributed by atoms with E-state index in [1.165, 1.54) is 30.9 Å². The summed E-state index contributed by atoms with van der Waals surface area (Å²) in [5.41, 5.74) is -0.616. The molecule has 12 heteroatoms. The van der Waals surface area contributed by atoms with Gasteiger partial charge in [0.25, 0.3) is 11.5 Å². The summed E-state index contributed by atoms with van der Waals surface area (Å²) in [6.07, 6.45) is -4.48. The van der Waals surface area contributed by atoms with Gasteiger partial charge in [-0.15, -0.1) is 10.2 Å².